The van der Waals surface area contributed by atoms with E-state index in [4.69, 9.17) is 0 Å². The summed E-state index contributed by atoms with van der Waals surface area (Å²) in [6, 6.07) is 5.72. The average Bonchev–Trinajstić information content (AvgIpc) is 2.14. The van der Waals surface area contributed by atoms with Crippen molar-refractivity contribution in [1.82, 2.24) is 4.31 Å². The maximum absolute atomic E-state index is 11.9. The van der Waals surface area contributed by atoms with E-state index in [1.807, 2.05) is 32.0 Å². The quantitative estimate of drug-likeness (QED) is 0.807. The van der Waals surface area contributed by atoms with Crippen LogP contribution in [0.5, 0.6) is 0 Å². The third-order valence-corrected chi connectivity index (χ3v) is 4.20. The molecule has 0 radical (unpaired) electrons. The van der Waals surface area contributed by atoms with Gasteiger partial charge in [-0.05, 0) is 37.1 Å². The molecule has 90 valence electrons. The Kier molecular flexibility index (Phi) is 3.60. The molecule has 0 amide bonds. The largest absolute Gasteiger partial charge is 0.303 e. The van der Waals surface area contributed by atoms with E-state index >= 15 is 0 Å². The second-order valence-corrected chi connectivity index (χ2v) is 6.28. The molecule has 0 heterocycles. The number of anilines is 1. The minimum Gasteiger partial charge on any atom is -0.261 e. The van der Waals surface area contributed by atoms with Crippen LogP contribution in [-0.2, 0) is 10.2 Å². The van der Waals surface area contributed by atoms with E-state index < -0.39 is 10.2 Å². The van der Waals surface area contributed by atoms with Crippen molar-refractivity contribution in [2.45, 2.75) is 13.8 Å². The number of hydrogen-bond donors (Lipinski definition) is 0. The van der Waals surface area contributed by atoms with Crippen molar-refractivity contribution < 1.29 is 8.42 Å². The Morgan fingerprint density at radius 2 is 1.38 bits per heavy atom. The third-order valence-electron chi connectivity index (χ3n) is 2.38. The Balaban J connectivity index is 3.20. The first-order chi connectivity index (χ1) is 7.25. The Labute approximate surface area is 97.7 Å². The second kappa shape index (κ2) is 4.43. The molecule has 0 aromatic heterocycles. The van der Waals surface area contributed by atoms with Crippen LogP contribution in [0, 0.1) is 13.8 Å². The molecular formula is C11H18N2O2S. The minimum absolute atomic E-state index is 0.686. The summed E-state index contributed by atoms with van der Waals surface area (Å²) in [5, 5.41) is 0. The lowest BCUT2D eigenvalue weighted by atomic mass is 10.1. The van der Waals surface area contributed by atoms with Crippen molar-refractivity contribution in [2.24, 2.45) is 0 Å². The average molecular weight is 242 g/mol. The Bertz CT molecular complexity index is 461. The highest BCUT2D eigenvalue weighted by Gasteiger charge is 2.20. The van der Waals surface area contributed by atoms with Crippen LogP contribution in [0.25, 0.3) is 0 Å². The van der Waals surface area contributed by atoms with Gasteiger partial charge >= 0.3 is 10.2 Å². The summed E-state index contributed by atoms with van der Waals surface area (Å²) in [6.45, 7) is 3.90. The SMILES string of the molecule is Cc1cc(C)cc(N(C)S(=O)(=O)N(C)C)c1. The van der Waals surface area contributed by atoms with E-state index in [2.05, 4.69) is 0 Å². The molecule has 1 aromatic carbocycles. The minimum atomic E-state index is -3.40. The summed E-state index contributed by atoms with van der Waals surface area (Å²) >= 11 is 0. The lowest BCUT2D eigenvalue weighted by Crippen LogP contribution is -2.37. The summed E-state index contributed by atoms with van der Waals surface area (Å²) in [7, 11) is 1.21. The van der Waals surface area contributed by atoms with Crippen LogP contribution in [0.15, 0.2) is 18.2 Å². The van der Waals surface area contributed by atoms with Crippen molar-refractivity contribution in [3.05, 3.63) is 29.3 Å². The van der Waals surface area contributed by atoms with Gasteiger partial charge in [0.05, 0.1) is 5.69 Å². The molecule has 1 rings (SSSR count). The zero-order valence-corrected chi connectivity index (χ0v) is 11.2. The van der Waals surface area contributed by atoms with Gasteiger partial charge in [-0.2, -0.15) is 12.7 Å². The first kappa shape index (κ1) is 13.0. The van der Waals surface area contributed by atoms with Gasteiger partial charge in [-0.25, -0.2) is 0 Å². The number of nitrogens with zero attached hydrogens (tertiary/aromatic N) is 2. The van der Waals surface area contributed by atoms with Gasteiger partial charge in [0.2, 0.25) is 0 Å². The van der Waals surface area contributed by atoms with E-state index in [1.54, 1.807) is 7.05 Å². The van der Waals surface area contributed by atoms with Crippen LogP contribution in [-0.4, -0.2) is 33.9 Å². The second-order valence-electron chi connectivity index (χ2n) is 4.10. The van der Waals surface area contributed by atoms with Crippen LogP contribution in [0.1, 0.15) is 11.1 Å². The van der Waals surface area contributed by atoms with Crippen molar-refractivity contribution in [2.75, 3.05) is 25.4 Å². The molecule has 0 bridgehead atoms. The standard InChI is InChI=1S/C11H18N2O2S/c1-9-6-10(2)8-11(7-9)13(5)16(14,15)12(3)4/h6-8H,1-5H3. The van der Waals surface area contributed by atoms with Gasteiger partial charge in [-0.15, -0.1) is 0 Å². The zero-order chi connectivity index (χ0) is 12.5. The lowest BCUT2D eigenvalue weighted by molar-refractivity contribution is 0.519. The molecule has 1 aromatic rings. The molecule has 4 nitrogen and oxygen atoms in total. The molecule has 0 N–H and O–H groups in total. The smallest absolute Gasteiger partial charge is 0.261 e. The number of aryl methyl sites for hydroxylation is 2. The van der Waals surface area contributed by atoms with Crippen molar-refractivity contribution in [3.8, 4) is 0 Å². The summed E-state index contributed by atoms with van der Waals surface area (Å²) in [4.78, 5) is 0. The topological polar surface area (TPSA) is 40.6 Å². The monoisotopic (exact) mass is 242 g/mol. The lowest BCUT2D eigenvalue weighted by Gasteiger charge is -2.23. The third kappa shape index (κ3) is 2.54. The number of rotatable bonds is 3. The van der Waals surface area contributed by atoms with Crippen LogP contribution in [0.2, 0.25) is 0 Å². The van der Waals surface area contributed by atoms with Gasteiger partial charge in [0.25, 0.3) is 0 Å². The summed E-state index contributed by atoms with van der Waals surface area (Å²) in [5.74, 6) is 0. The van der Waals surface area contributed by atoms with Crippen LogP contribution < -0.4 is 4.31 Å². The molecule has 0 aliphatic carbocycles. The molecule has 0 spiro atoms. The van der Waals surface area contributed by atoms with E-state index in [-0.39, 0.29) is 0 Å². The van der Waals surface area contributed by atoms with Crippen LogP contribution >= 0.6 is 0 Å². The van der Waals surface area contributed by atoms with E-state index in [0.29, 0.717) is 5.69 Å². The number of benzene rings is 1. The molecule has 16 heavy (non-hydrogen) atoms. The molecular weight excluding hydrogens is 224 g/mol. The highest BCUT2D eigenvalue weighted by atomic mass is 32.2. The van der Waals surface area contributed by atoms with Gasteiger partial charge < -0.3 is 0 Å². The summed E-state index contributed by atoms with van der Waals surface area (Å²) in [5.41, 5.74) is 2.79. The van der Waals surface area contributed by atoms with Crippen LogP contribution in [0.4, 0.5) is 5.69 Å². The Hall–Kier alpha value is -1.07. The molecule has 0 aliphatic rings. The van der Waals surface area contributed by atoms with Gasteiger partial charge in [-0.3, -0.25) is 4.31 Å². The fourth-order valence-electron chi connectivity index (χ4n) is 1.51. The van der Waals surface area contributed by atoms with E-state index in [9.17, 15) is 8.42 Å². The fourth-order valence-corrected chi connectivity index (χ4v) is 2.37. The van der Waals surface area contributed by atoms with Gasteiger partial charge in [0.1, 0.15) is 0 Å². The predicted molar refractivity (Wildman–Crippen MR) is 66.9 cm³/mol. The molecule has 0 saturated carbocycles. The van der Waals surface area contributed by atoms with Crippen molar-refractivity contribution in [1.29, 1.82) is 0 Å². The molecule has 0 fully saturated rings. The van der Waals surface area contributed by atoms with Gasteiger partial charge in [-0.1, -0.05) is 6.07 Å². The summed E-state index contributed by atoms with van der Waals surface area (Å²) in [6.07, 6.45) is 0. The van der Waals surface area contributed by atoms with Gasteiger partial charge in [0, 0.05) is 21.1 Å². The number of hydrogen-bond acceptors (Lipinski definition) is 2. The molecule has 0 atom stereocenters. The van der Waals surface area contributed by atoms with Gasteiger partial charge in [0.15, 0.2) is 0 Å². The zero-order valence-electron chi connectivity index (χ0n) is 10.4. The highest BCUT2D eigenvalue weighted by molar-refractivity contribution is 7.90. The van der Waals surface area contributed by atoms with Crippen LogP contribution in [0.3, 0.4) is 0 Å². The predicted octanol–water partition coefficient (Wildman–Crippen LogP) is 1.55. The fraction of sp³-hybridized carbons (Fsp3) is 0.455. The summed E-state index contributed by atoms with van der Waals surface area (Å²) < 4.78 is 26.3. The molecule has 0 saturated heterocycles. The van der Waals surface area contributed by atoms with Crippen molar-refractivity contribution in [3.63, 3.8) is 0 Å². The van der Waals surface area contributed by atoms with E-state index in [1.165, 1.54) is 22.7 Å². The Morgan fingerprint density at radius 1 is 0.938 bits per heavy atom. The normalized spacial score (nSPS) is 11.9. The first-order valence-electron chi connectivity index (χ1n) is 5.00. The van der Waals surface area contributed by atoms with Crippen molar-refractivity contribution >= 4 is 15.9 Å². The van der Waals surface area contributed by atoms with E-state index in [0.717, 1.165) is 11.1 Å². The molecule has 0 unspecified atom stereocenters. The molecule has 5 heteroatoms. The Morgan fingerprint density at radius 3 is 1.75 bits per heavy atom. The first-order valence-corrected chi connectivity index (χ1v) is 6.39. The molecule has 0 aliphatic heterocycles. The highest BCUT2D eigenvalue weighted by Crippen LogP contribution is 2.20. The maximum Gasteiger partial charge on any atom is 0.303 e. The maximum atomic E-state index is 11.9.